The number of carboxylic acids is 1. The number of ether oxygens (including phenoxy) is 1. The summed E-state index contributed by atoms with van der Waals surface area (Å²) >= 11 is 0. The number of rotatable bonds is 5. The molecule has 1 fully saturated rings. The van der Waals surface area contributed by atoms with Crippen molar-refractivity contribution < 1.29 is 24.5 Å². The van der Waals surface area contributed by atoms with Gasteiger partial charge in [-0.3, -0.25) is 9.59 Å². The van der Waals surface area contributed by atoms with E-state index in [-0.39, 0.29) is 22.5 Å². The number of carbonyl (C=O) groups is 2. The van der Waals surface area contributed by atoms with Gasteiger partial charge in [-0.15, -0.1) is 0 Å². The van der Waals surface area contributed by atoms with Crippen molar-refractivity contribution in [3.63, 3.8) is 0 Å². The Morgan fingerprint density at radius 2 is 1.81 bits per heavy atom. The summed E-state index contributed by atoms with van der Waals surface area (Å²) in [5, 5.41) is 33.1. The number of aliphatic carboxylic acids is 1. The fourth-order valence-electron chi connectivity index (χ4n) is 4.05. The third kappa shape index (κ3) is 4.18. The summed E-state index contributed by atoms with van der Waals surface area (Å²) in [5.41, 5.74) is -0.347. The third-order valence-electron chi connectivity index (χ3n) is 5.65. The van der Waals surface area contributed by atoms with Gasteiger partial charge >= 0.3 is 5.97 Å². The van der Waals surface area contributed by atoms with Gasteiger partial charge in [-0.2, -0.15) is 5.26 Å². The zero-order chi connectivity index (χ0) is 22.7. The molecule has 2 atom stereocenters. The zero-order valence-electron chi connectivity index (χ0n) is 17.1. The second-order valence-corrected chi connectivity index (χ2v) is 7.70. The van der Waals surface area contributed by atoms with Gasteiger partial charge in [-0.05, 0) is 43.2 Å². The van der Waals surface area contributed by atoms with Gasteiger partial charge in [0.25, 0.3) is 5.91 Å². The van der Waals surface area contributed by atoms with Gasteiger partial charge in [0.1, 0.15) is 23.3 Å². The van der Waals surface area contributed by atoms with Crippen molar-refractivity contribution in [3.8, 4) is 23.3 Å². The van der Waals surface area contributed by atoms with Crippen LogP contribution >= 0.6 is 0 Å². The van der Waals surface area contributed by atoms with Gasteiger partial charge in [0, 0.05) is 16.8 Å². The first kappa shape index (κ1) is 21.1. The van der Waals surface area contributed by atoms with Gasteiger partial charge < -0.3 is 20.3 Å². The minimum absolute atomic E-state index is 0.0418. The number of aromatic nitrogens is 1. The summed E-state index contributed by atoms with van der Waals surface area (Å²) in [5.74, 6) is -1.67. The zero-order valence-corrected chi connectivity index (χ0v) is 17.1. The topological polar surface area (TPSA) is 133 Å². The number of amides is 1. The monoisotopic (exact) mass is 431 g/mol. The van der Waals surface area contributed by atoms with Gasteiger partial charge in [0.15, 0.2) is 11.4 Å². The number of nitrogens with zero attached hydrogens (tertiary/aromatic N) is 2. The van der Waals surface area contributed by atoms with Crippen molar-refractivity contribution in [2.75, 3.05) is 0 Å². The number of nitriles is 1. The summed E-state index contributed by atoms with van der Waals surface area (Å²) in [6.45, 7) is 0. The Bertz CT molecular complexity index is 1220. The first-order valence-corrected chi connectivity index (χ1v) is 10.3. The smallest absolute Gasteiger partial charge is 0.308 e. The lowest BCUT2D eigenvalue weighted by Gasteiger charge is -2.29. The molecule has 4 rings (SSSR count). The van der Waals surface area contributed by atoms with E-state index >= 15 is 0 Å². The number of carbonyl (C=O) groups excluding carboxylic acids is 1. The number of para-hydroxylation sites is 1. The van der Waals surface area contributed by atoms with E-state index in [4.69, 9.17) is 4.74 Å². The molecule has 0 spiro atoms. The van der Waals surface area contributed by atoms with Crippen LogP contribution in [0.3, 0.4) is 0 Å². The van der Waals surface area contributed by atoms with Crippen molar-refractivity contribution in [2.45, 2.75) is 31.7 Å². The number of aromatic hydroxyl groups is 1. The molecular weight excluding hydrogens is 410 g/mol. The largest absolute Gasteiger partial charge is 0.505 e. The van der Waals surface area contributed by atoms with E-state index in [1.807, 2.05) is 24.3 Å². The molecule has 3 aromatic rings. The maximum atomic E-state index is 12.9. The van der Waals surface area contributed by atoms with Gasteiger partial charge in [-0.1, -0.05) is 31.0 Å². The number of fused-ring (bicyclic) bond motifs is 1. The van der Waals surface area contributed by atoms with E-state index in [0.29, 0.717) is 29.7 Å². The molecule has 2 aromatic carbocycles. The summed E-state index contributed by atoms with van der Waals surface area (Å²) in [6, 6.07) is 15.3. The molecule has 1 aromatic heterocycles. The number of hydrogen-bond donors (Lipinski definition) is 3. The Balaban J connectivity index is 1.66. The molecule has 162 valence electrons. The normalized spacial score (nSPS) is 18.0. The second kappa shape index (κ2) is 8.94. The quantitative estimate of drug-likeness (QED) is 0.556. The number of hydrogen-bond acceptors (Lipinski definition) is 6. The third-order valence-corrected chi connectivity index (χ3v) is 5.65. The Morgan fingerprint density at radius 1 is 1.06 bits per heavy atom. The van der Waals surface area contributed by atoms with Crippen molar-refractivity contribution in [1.29, 1.82) is 5.26 Å². The molecule has 1 saturated carbocycles. The van der Waals surface area contributed by atoms with Crippen LogP contribution in [0.25, 0.3) is 10.8 Å². The molecule has 3 N–H and O–H groups in total. The van der Waals surface area contributed by atoms with Gasteiger partial charge in [0.05, 0.1) is 5.92 Å². The number of nitrogens with one attached hydrogen (secondary N) is 1. The standard InChI is InChI=1S/C24H21N3O5/c25-13-20-18-12-15(32-14-6-2-1-3-7-14)10-11-16(18)22(28)21(26-20)23(29)27-19-9-5-4-8-17(19)24(30)31/h1-3,6-7,10-12,17,19,28H,4-5,8-9H2,(H,27,29)(H,30,31)/t17-,19+/m0/s1. The van der Waals surface area contributed by atoms with Crippen LogP contribution in [0.2, 0.25) is 0 Å². The summed E-state index contributed by atoms with van der Waals surface area (Å²) in [4.78, 5) is 28.5. The van der Waals surface area contributed by atoms with E-state index in [1.165, 1.54) is 0 Å². The highest BCUT2D eigenvalue weighted by Gasteiger charge is 2.33. The van der Waals surface area contributed by atoms with E-state index in [9.17, 15) is 25.1 Å². The summed E-state index contributed by atoms with van der Waals surface area (Å²) in [6.07, 6.45) is 2.60. The maximum absolute atomic E-state index is 12.9. The maximum Gasteiger partial charge on any atom is 0.308 e. The highest BCUT2D eigenvalue weighted by Crippen LogP contribution is 2.34. The van der Waals surface area contributed by atoms with Crippen LogP contribution in [-0.4, -0.2) is 33.1 Å². The molecule has 0 unspecified atom stereocenters. The lowest BCUT2D eigenvalue weighted by Crippen LogP contribution is -2.45. The average molecular weight is 431 g/mol. The minimum atomic E-state index is -0.964. The van der Waals surface area contributed by atoms with E-state index in [1.54, 1.807) is 30.3 Å². The molecule has 1 aliphatic rings. The van der Waals surface area contributed by atoms with Crippen LogP contribution in [0.5, 0.6) is 17.2 Å². The van der Waals surface area contributed by atoms with Crippen molar-refractivity contribution in [2.24, 2.45) is 5.92 Å². The minimum Gasteiger partial charge on any atom is -0.505 e. The second-order valence-electron chi connectivity index (χ2n) is 7.70. The number of benzene rings is 2. The molecule has 0 aliphatic heterocycles. The van der Waals surface area contributed by atoms with Crippen molar-refractivity contribution in [3.05, 3.63) is 59.9 Å². The number of carboxylic acid groups (broad SMARTS) is 1. The summed E-state index contributed by atoms with van der Waals surface area (Å²) in [7, 11) is 0. The molecule has 8 heteroatoms. The van der Waals surface area contributed by atoms with Crippen molar-refractivity contribution >= 4 is 22.6 Å². The van der Waals surface area contributed by atoms with Crippen LogP contribution in [0, 0.1) is 17.2 Å². The molecule has 0 radical (unpaired) electrons. The molecule has 1 aliphatic carbocycles. The van der Waals surface area contributed by atoms with Crippen LogP contribution in [0.4, 0.5) is 0 Å². The fourth-order valence-corrected chi connectivity index (χ4v) is 4.05. The first-order chi connectivity index (χ1) is 15.5. The van der Waals surface area contributed by atoms with Crippen LogP contribution in [-0.2, 0) is 4.79 Å². The van der Waals surface area contributed by atoms with Crippen LogP contribution in [0.1, 0.15) is 41.9 Å². The van der Waals surface area contributed by atoms with Gasteiger partial charge in [-0.25, -0.2) is 4.98 Å². The Hall–Kier alpha value is -4.12. The molecular formula is C24H21N3O5. The van der Waals surface area contributed by atoms with Crippen molar-refractivity contribution in [1.82, 2.24) is 10.3 Å². The first-order valence-electron chi connectivity index (χ1n) is 10.3. The highest BCUT2D eigenvalue weighted by atomic mass is 16.5. The van der Waals surface area contributed by atoms with E-state index in [0.717, 1.165) is 12.8 Å². The fraction of sp³-hybridized carbons (Fsp3) is 0.250. The molecule has 1 heterocycles. The summed E-state index contributed by atoms with van der Waals surface area (Å²) < 4.78 is 5.78. The lowest BCUT2D eigenvalue weighted by atomic mass is 9.84. The van der Waals surface area contributed by atoms with Gasteiger partial charge in [0.2, 0.25) is 0 Å². The molecule has 0 saturated heterocycles. The molecule has 1 amide bonds. The average Bonchev–Trinajstić information content (AvgIpc) is 2.80. The van der Waals surface area contributed by atoms with E-state index in [2.05, 4.69) is 10.3 Å². The van der Waals surface area contributed by atoms with Crippen LogP contribution in [0.15, 0.2) is 48.5 Å². The molecule has 32 heavy (non-hydrogen) atoms. The predicted octanol–water partition coefficient (Wildman–Crippen LogP) is 3.98. The number of pyridine rings is 1. The SMILES string of the molecule is N#Cc1nc(C(=O)N[C@@H]2CCCC[C@@H]2C(=O)O)c(O)c2ccc(Oc3ccccc3)cc12. The lowest BCUT2D eigenvalue weighted by molar-refractivity contribution is -0.143. The Labute approximate surface area is 184 Å². The molecule has 0 bridgehead atoms. The Morgan fingerprint density at radius 3 is 2.53 bits per heavy atom. The Kier molecular flexibility index (Phi) is 5.90. The van der Waals surface area contributed by atoms with E-state index < -0.39 is 23.8 Å². The highest BCUT2D eigenvalue weighted by molar-refractivity contribution is 6.03. The predicted molar refractivity (Wildman–Crippen MR) is 115 cm³/mol. The molecule has 8 nitrogen and oxygen atoms in total. The van der Waals surface area contributed by atoms with Crippen LogP contribution < -0.4 is 10.1 Å².